The monoisotopic (exact) mass is 493 g/mol. The summed E-state index contributed by atoms with van der Waals surface area (Å²) in [4.78, 5) is 31.6. The molecule has 2 aliphatic heterocycles. The van der Waals surface area contributed by atoms with Gasteiger partial charge < -0.3 is 19.3 Å². The maximum absolute atomic E-state index is 13.4. The van der Waals surface area contributed by atoms with Crippen LogP contribution in [0.4, 0.5) is 0 Å². The molecule has 36 heavy (non-hydrogen) atoms. The third-order valence-electron chi connectivity index (χ3n) is 7.35. The first-order chi connectivity index (χ1) is 17.5. The molecule has 0 N–H and O–H groups in total. The van der Waals surface area contributed by atoms with E-state index in [9.17, 15) is 9.59 Å². The van der Waals surface area contributed by atoms with Gasteiger partial charge in [0.25, 0.3) is 11.8 Å². The van der Waals surface area contributed by atoms with Gasteiger partial charge in [0.15, 0.2) is 0 Å². The number of rotatable bonds is 4. The average Bonchev–Trinajstić information content (AvgIpc) is 2.90. The molecule has 0 unspecified atom stereocenters. The number of amides is 2. The quantitative estimate of drug-likeness (QED) is 0.646. The van der Waals surface area contributed by atoms with Gasteiger partial charge in [0.2, 0.25) is 0 Å². The maximum atomic E-state index is 13.4. The largest absolute Gasteiger partial charge is 0.491 e. The lowest BCUT2D eigenvalue weighted by Crippen LogP contribution is -2.46. The Kier molecular flexibility index (Phi) is 8.99. The highest BCUT2D eigenvalue weighted by molar-refractivity contribution is 5.97. The number of ether oxygens (including phenoxy) is 2. The molecule has 2 aliphatic rings. The molecule has 2 aromatic rings. The van der Waals surface area contributed by atoms with Gasteiger partial charge in [0, 0.05) is 58.9 Å². The van der Waals surface area contributed by atoms with E-state index in [0.717, 1.165) is 58.4 Å². The van der Waals surface area contributed by atoms with Crippen LogP contribution in [0, 0.1) is 5.92 Å². The minimum Gasteiger partial charge on any atom is -0.491 e. The molecule has 1 saturated heterocycles. The molecule has 2 aromatic carbocycles. The average molecular weight is 494 g/mol. The van der Waals surface area contributed by atoms with E-state index in [1.165, 1.54) is 5.56 Å². The molecule has 2 bridgehead atoms. The second-order valence-corrected chi connectivity index (χ2v) is 10.1. The summed E-state index contributed by atoms with van der Waals surface area (Å²) in [6, 6.07) is 15.5. The van der Waals surface area contributed by atoms with Crippen LogP contribution in [0.2, 0.25) is 0 Å². The SMILES string of the molecule is CO[C@@H]1CCN2C[C@@H]1CCCCN(Cc1ccc(C(=O)N(C)C)cc1)CCOc1ccccc1C2=O. The van der Waals surface area contributed by atoms with Crippen molar-refractivity contribution in [3.63, 3.8) is 0 Å². The minimum atomic E-state index is 0.0112. The highest BCUT2D eigenvalue weighted by Gasteiger charge is 2.32. The molecule has 0 aliphatic carbocycles. The van der Waals surface area contributed by atoms with Crippen molar-refractivity contribution < 1.29 is 19.1 Å². The van der Waals surface area contributed by atoms with E-state index in [0.29, 0.717) is 29.4 Å². The van der Waals surface area contributed by atoms with Gasteiger partial charge in [-0.15, -0.1) is 0 Å². The summed E-state index contributed by atoms with van der Waals surface area (Å²) >= 11 is 0. The highest BCUT2D eigenvalue weighted by Crippen LogP contribution is 2.28. The molecule has 0 radical (unpaired) electrons. The molecule has 2 amide bonds. The van der Waals surface area contributed by atoms with E-state index >= 15 is 0 Å². The Labute approximate surface area is 215 Å². The summed E-state index contributed by atoms with van der Waals surface area (Å²) < 4.78 is 12.0. The van der Waals surface area contributed by atoms with Crippen LogP contribution in [0.1, 0.15) is 52.0 Å². The fourth-order valence-electron chi connectivity index (χ4n) is 5.29. The van der Waals surface area contributed by atoms with Gasteiger partial charge in [-0.1, -0.05) is 30.7 Å². The molecule has 194 valence electrons. The molecular formula is C29H39N3O4. The minimum absolute atomic E-state index is 0.0112. The fourth-order valence-corrected chi connectivity index (χ4v) is 5.29. The van der Waals surface area contributed by atoms with E-state index < -0.39 is 0 Å². The van der Waals surface area contributed by atoms with Gasteiger partial charge >= 0.3 is 0 Å². The number of carbonyl (C=O) groups excluding carboxylic acids is 2. The number of fused-ring (bicyclic) bond motifs is 3. The number of piperidine rings is 1. The molecule has 7 nitrogen and oxygen atoms in total. The van der Waals surface area contributed by atoms with E-state index in [1.54, 1.807) is 26.1 Å². The summed E-state index contributed by atoms with van der Waals surface area (Å²) in [5, 5.41) is 0. The predicted octanol–water partition coefficient (Wildman–Crippen LogP) is 3.93. The summed E-state index contributed by atoms with van der Waals surface area (Å²) in [6.45, 7) is 4.47. The van der Waals surface area contributed by atoms with Crippen LogP contribution in [0.25, 0.3) is 0 Å². The van der Waals surface area contributed by atoms with Crippen molar-refractivity contribution in [2.75, 3.05) is 54.0 Å². The van der Waals surface area contributed by atoms with Gasteiger partial charge in [-0.05, 0) is 55.6 Å². The van der Waals surface area contributed by atoms with Crippen LogP contribution in [-0.4, -0.2) is 86.6 Å². The molecule has 0 saturated carbocycles. The fraction of sp³-hybridized carbons (Fsp3) is 0.517. The van der Waals surface area contributed by atoms with Crippen molar-refractivity contribution >= 4 is 11.8 Å². The van der Waals surface area contributed by atoms with E-state index in [1.807, 2.05) is 53.4 Å². The van der Waals surface area contributed by atoms with Crippen LogP contribution in [0.3, 0.4) is 0 Å². The smallest absolute Gasteiger partial charge is 0.257 e. The number of nitrogens with zero attached hydrogens (tertiary/aromatic N) is 3. The van der Waals surface area contributed by atoms with Crippen LogP contribution >= 0.6 is 0 Å². The van der Waals surface area contributed by atoms with Crippen molar-refractivity contribution in [2.45, 2.75) is 38.3 Å². The first-order valence-corrected chi connectivity index (χ1v) is 13.0. The zero-order valence-electron chi connectivity index (χ0n) is 21.8. The lowest BCUT2D eigenvalue weighted by molar-refractivity contribution is -0.00702. The molecule has 1 fully saturated rings. The number of para-hydroxylation sites is 1. The topological polar surface area (TPSA) is 62.3 Å². The summed E-state index contributed by atoms with van der Waals surface area (Å²) in [7, 11) is 5.32. The van der Waals surface area contributed by atoms with Crippen molar-refractivity contribution in [3.05, 3.63) is 65.2 Å². The first kappa shape index (κ1) is 26.2. The number of benzene rings is 2. The number of carbonyl (C=O) groups is 2. The van der Waals surface area contributed by atoms with Gasteiger partial charge in [0.1, 0.15) is 12.4 Å². The highest BCUT2D eigenvalue weighted by atomic mass is 16.5. The van der Waals surface area contributed by atoms with Crippen molar-refractivity contribution in [2.24, 2.45) is 5.92 Å². The Morgan fingerprint density at radius 1 is 1.03 bits per heavy atom. The normalized spacial score (nSPS) is 21.8. The second-order valence-electron chi connectivity index (χ2n) is 10.1. The summed E-state index contributed by atoms with van der Waals surface area (Å²) in [5.74, 6) is 1.05. The van der Waals surface area contributed by atoms with Crippen molar-refractivity contribution in [1.29, 1.82) is 0 Å². The van der Waals surface area contributed by atoms with Crippen molar-refractivity contribution in [1.82, 2.24) is 14.7 Å². The van der Waals surface area contributed by atoms with Crippen LogP contribution in [0.15, 0.2) is 48.5 Å². The maximum Gasteiger partial charge on any atom is 0.257 e. The summed E-state index contributed by atoms with van der Waals surface area (Å²) in [6.07, 6.45) is 4.29. The molecule has 2 atom stereocenters. The van der Waals surface area contributed by atoms with Gasteiger partial charge in [0.05, 0.1) is 11.7 Å². The Balaban J connectivity index is 1.49. The standard InChI is InChI=1S/C29H39N3O4/c1-30(2)28(33)23-13-11-22(12-14-23)20-31-16-7-6-8-24-21-32(17-15-26(24)35-3)29(34)25-9-4-5-10-27(25)36-19-18-31/h4-5,9-14,24,26H,6-8,15-21H2,1-3H3/t24-,26+/m0/s1. The lowest BCUT2D eigenvalue weighted by Gasteiger charge is -2.38. The zero-order valence-corrected chi connectivity index (χ0v) is 21.8. The Morgan fingerprint density at radius 2 is 1.81 bits per heavy atom. The molecule has 2 heterocycles. The molecule has 4 rings (SSSR count). The number of hydrogen-bond donors (Lipinski definition) is 0. The zero-order chi connectivity index (χ0) is 25.5. The van der Waals surface area contributed by atoms with Crippen LogP contribution in [-0.2, 0) is 11.3 Å². The molecule has 7 heteroatoms. The molecular weight excluding hydrogens is 454 g/mol. The Morgan fingerprint density at radius 3 is 2.56 bits per heavy atom. The Bertz CT molecular complexity index is 1020. The third kappa shape index (κ3) is 6.45. The molecule has 0 spiro atoms. The van der Waals surface area contributed by atoms with E-state index in [2.05, 4.69) is 4.90 Å². The first-order valence-electron chi connectivity index (χ1n) is 13.0. The summed E-state index contributed by atoms with van der Waals surface area (Å²) in [5.41, 5.74) is 2.50. The second kappa shape index (κ2) is 12.4. The lowest BCUT2D eigenvalue weighted by atomic mass is 9.89. The third-order valence-corrected chi connectivity index (χ3v) is 7.35. The van der Waals surface area contributed by atoms with E-state index in [4.69, 9.17) is 9.47 Å². The van der Waals surface area contributed by atoms with Crippen molar-refractivity contribution in [3.8, 4) is 5.75 Å². The number of methoxy groups -OCH3 is 1. The molecule has 0 aromatic heterocycles. The Hall–Kier alpha value is -2.90. The van der Waals surface area contributed by atoms with Crippen LogP contribution < -0.4 is 4.74 Å². The van der Waals surface area contributed by atoms with Gasteiger partial charge in [-0.3, -0.25) is 14.5 Å². The van der Waals surface area contributed by atoms with Gasteiger partial charge in [-0.25, -0.2) is 0 Å². The van der Waals surface area contributed by atoms with Crippen LogP contribution in [0.5, 0.6) is 5.75 Å². The number of hydrogen-bond acceptors (Lipinski definition) is 5. The predicted molar refractivity (Wildman–Crippen MR) is 140 cm³/mol. The van der Waals surface area contributed by atoms with Gasteiger partial charge in [-0.2, -0.15) is 0 Å². The van der Waals surface area contributed by atoms with E-state index in [-0.39, 0.29) is 17.9 Å².